The van der Waals surface area contributed by atoms with Gasteiger partial charge in [0.25, 0.3) is 0 Å². The molecule has 86 valence electrons. The van der Waals surface area contributed by atoms with E-state index in [1.165, 1.54) is 25.7 Å². The minimum Gasteiger partial charge on any atom is -0.370 e. The third-order valence-electron chi connectivity index (χ3n) is 2.92. The zero-order valence-corrected chi connectivity index (χ0v) is 9.39. The summed E-state index contributed by atoms with van der Waals surface area (Å²) in [7, 11) is 0. The van der Waals surface area contributed by atoms with Crippen molar-refractivity contribution in [2.45, 2.75) is 25.7 Å². The molecule has 3 N–H and O–H groups in total. The molecule has 0 aliphatic heterocycles. The van der Waals surface area contributed by atoms with Crippen LogP contribution in [0.5, 0.6) is 0 Å². The van der Waals surface area contributed by atoms with Crippen molar-refractivity contribution < 1.29 is 0 Å². The van der Waals surface area contributed by atoms with E-state index in [2.05, 4.69) is 15.3 Å². The molecule has 0 saturated heterocycles. The van der Waals surface area contributed by atoms with Gasteiger partial charge in [0.15, 0.2) is 5.96 Å². The maximum atomic E-state index is 5.78. The number of guanidine groups is 1. The Labute approximate surface area is 96.0 Å². The number of hydrogen-bond acceptors (Lipinski definition) is 2. The first-order valence-electron chi connectivity index (χ1n) is 5.82. The largest absolute Gasteiger partial charge is 0.370 e. The van der Waals surface area contributed by atoms with Gasteiger partial charge in [0.1, 0.15) is 5.82 Å². The molecule has 2 rings (SSSR count). The Balaban J connectivity index is 1.82. The molecule has 0 amide bonds. The highest BCUT2D eigenvalue weighted by Crippen LogP contribution is 2.24. The van der Waals surface area contributed by atoms with E-state index in [0.717, 1.165) is 18.3 Å². The van der Waals surface area contributed by atoms with Crippen LogP contribution in [0.4, 0.5) is 5.82 Å². The minimum atomic E-state index is 0.464. The van der Waals surface area contributed by atoms with Gasteiger partial charge >= 0.3 is 0 Å². The van der Waals surface area contributed by atoms with E-state index in [0.29, 0.717) is 5.96 Å². The van der Waals surface area contributed by atoms with Gasteiger partial charge in [-0.15, -0.1) is 0 Å². The van der Waals surface area contributed by atoms with Crippen molar-refractivity contribution in [1.82, 2.24) is 4.98 Å². The van der Waals surface area contributed by atoms with E-state index in [4.69, 9.17) is 5.73 Å². The lowest BCUT2D eigenvalue weighted by molar-refractivity contribution is 0.563. The molecular formula is C12H18N4. The Morgan fingerprint density at radius 2 is 2.25 bits per heavy atom. The van der Waals surface area contributed by atoms with E-state index in [-0.39, 0.29) is 0 Å². The first-order chi connectivity index (χ1) is 7.84. The van der Waals surface area contributed by atoms with Gasteiger partial charge in [-0.05, 0) is 30.9 Å². The van der Waals surface area contributed by atoms with Crippen molar-refractivity contribution in [3.63, 3.8) is 0 Å². The molecule has 16 heavy (non-hydrogen) atoms. The monoisotopic (exact) mass is 218 g/mol. The first kappa shape index (κ1) is 10.9. The fraction of sp³-hybridized carbons (Fsp3) is 0.500. The van der Waals surface area contributed by atoms with Gasteiger partial charge in [-0.2, -0.15) is 0 Å². The summed E-state index contributed by atoms with van der Waals surface area (Å²) in [5.41, 5.74) is 5.78. The predicted molar refractivity (Wildman–Crippen MR) is 66.3 cm³/mol. The highest BCUT2D eigenvalue weighted by atomic mass is 15.1. The lowest BCUT2D eigenvalue weighted by atomic mass is 10.1. The van der Waals surface area contributed by atoms with Crippen molar-refractivity contribution in [2.24, 2.45) is 16.6 Å². The quantitative estimate of drug-likeness (QED) is 0.602. The van der Waals surface area contributed by atoms with Gasteiger partial charge < -0.3 is 11.1 Å². The number of aromatic nitrogens is 1. The summed E-state index contributed by atoms with van der Waals surface area (Å²) in [6.07, 6.45) is 6.99. The van der Waals surface area contributed by atoms with Crippen LogP contribution >= 0.6 is 0 Å². The van der Waals surface area contributed by atoms with Crippen LogP contribution in [0.1, 0.15) is 25.7 Å². The van der Waals surface area contributed by atoms with Gasteiger partial charge in [0.2, 0.25) is 0 Å². The molecule has 0 bridgehead atoms. The summed E-state index contributed by atoms with van der Waals surface area (Å²) in [5, 5.41) is 2.98. The number of nitrogens with one attached hydrogen (secondary N) is 1. The Hall–Kier alpha value is -1.58. The molecule has 1 aromatic heterocycles. The average Bonchev–Trinajstić information content (AvgIpc) is 2.81. The number of nitrogens with zero attached hydrogens (tertiary/aromatic N) is 2. The fourth-order valence-corrected chi connectivity index (χ4v) is 2.03. The van der Waals surface area contributed by atoms with Gasteiger partial charge in [0.05, 0.1) is 0 Å². The van der Waals surface area contributed by atoms with Crippen molar-refractivity contribution in [2.75, 3.05) is 11.9 Å². The van der Waals surface area contributed by atoms with E-state index < -0.39 is 0 Å². The molecule has 0 unspecified atom stereocenters. The molecule has 1 saturated carbocycles. The number of hydrogen-bond donors (Lipinski definition) is 2. The van der Waals surface area contributed by atoms with Crippen LogP contribution in [0.3, 0.4) is 0 Å². The highest BCUT2D eigenvalue weighted by Gasteiger charge is 2.13. The number of anilines is 1. The fourth-order valence-electron chi connectivity index (χ4n) is 2.03. The summed E-state index contributed by atoms with van der Waals surface area (Å²) in [6.45, 7) is 0.839. The first-order valence-corrected chi connectivity index (χ1v) is 5.82. The Kier molecular flexibility index (Phi) is 3.75. The Bertz CT molecular complexity index is 341. The van der Waals surface area contributed by atoms with Crippen LogP contribution < -0.4 is 11.1 Å². The number of pyridine rings is 1. The van der Waals surface area contributed by atoms with E-state index >= 15 is 0 Å². The molecule has 0 radical (unpaired) electrons. The molecule has 4 heteroatoms. The van der Waals surface area contributed by atoms with Crippen molar-refractivity contribution in [3.8, 4) is 0 Å². The SMILES string of the molecule is NC(=NCC1CCCC1)Nc1ccccn1. The molecule has 0 spiro atoms. The molecule has 1 fully saturated rings. The molecule has 4 nitrogen and oxygen atoms in total. The van der Waals surface area contributed by atoms with Gasteiger partial charge in [0, 0.05) is 12.7 Å². The van der Waals surface area contributed by atoms with Crippen LogP contribution in [0, 0.1) is 5.92 Å². The van der Waals surface area contributed by atoms with Crippen LogP contribution in [0.2, 0.25) is 0 Å². The zero-order chi connectivity index (χ0) is 11.2. The second kappa shape index (κ2) is 5.49. The van der Waals surface area contributed by atoms with Gasteiger partial charge in [-0.3, -0.25) is 4.99 Å². The lowest BCUT2D eigenvalue weighted by Crippen LogP contribution is -2.24. The number of rotatable bonds is 3. The number of aliphatic imine (C=N–C) groups is 1. The minimum absolute atomic E-state index is 0.464. The maximum absolute atomic E-state index is 5.78. The number of nitrogens with two attached hydrogens (primary N) is 1. The van der Waals surface area contributed by atoms with Crippen molar-refractivity contribution >= 4 is 11.8 Å². The lowest BCUT2D eigenvalue weighted by Gasteiger charge is -2.07. The average molecular weight is 218 g/mol. The molecule has 1 aliphatic carbocycles. The zero-order valence-electron chi connectivity index (χ0n) is 9.39. The Morgan fingerprint density at radius 3 is 2.94 bits per heavy atom. The molecular weight excluding hydrogens is 200 g/mol. The third-order valence-corrected chi connectivity index (χ3v) is 2.92. The third kappa shape index (κ3) is 3.22. The summed E-state index contributed by atoms with van der Waals surface area (Å²) >= 11 is 0. The van der Waals surface area contributed by atoms with Crippen molar-refractivity contribution in [1.29, 1.82) is 0 Å². The predicted octanol–water partition coefficient (Wildman–Crippen LogP) is 2.00. The molecule has 1 aliphatic rings. The normalized spacial score (nSPS) is 17.6. The van der Waals surface area contributed by atoms with E-state index in [1.54, 1.807) is 6.20 Å². The maximum Gasteiger partial charge on any atom is 0.194 e. The van der Waals surface area contributed by atoms with Crippen LogP contribution in [0.25, 0.3) is 0 Å². The van der Waals surface area contributed by atoms with Gasteiger partial charge in [-0.25, -0.2) is 4.98 Å². The molecule has 0 atom stereocenters. The second-order valence-electron chi connectivity index (χ2n) is 4.22. The summed E-state index contributed by atoms with van der Waals surface area (Å²) in [4.78, 5) is 8.47. The summed E-state index contributed by atoms with van der Waals surface area (Å²) < 4.78 is 0. The summed E-state index contributed by atoms with van der Waals surface area (Å²) in [6, 6.07) is 5.66. The highest BCUT2D eigenvalue weighted by molar-refractivity contribution is 5.91. The topological polar surface area (TPSA) is 63.3 Å². The molecule has 1 aromatic rings. The van der Waals surface area contributed by atoms with Crippen LogP contribution in [0.15, 0.2) is 29.4 Å². The van der Waals surface area contributed by atoms with Gasteiger partial charge in [-0.1, -0.05) is 18.9 Å². The summed E-state index contributed by atoms with van der Waals surface area (Å²) in [5.74, 6) is 1.94. The Morgan fingerprint density at radius 1 is 1.44 bits per heavy atom. The van der Waals surface area contributed by atoms with Crippen LogP contribution in [-0.4, -0.2) is 17.5 Å². The standard InChI is InChI=1S/C12H18N4/c13-12(15-9-10-5-1-2-6-10)16-11-7-3-4-8-14-11/h3-4,7-8,10H,1-2,5-6,9H2,(H3,13,14,15,16). The van der Waals surface area contributed by atoms with Crippen LogP contribution in [-0.2, 0) is 0 Å². The van der Waals surface area contributed by atoms with Crippen molar-refractivity contribution in [3.05, 3.63) is 24.4 Å². The molecule has 0 aromatic carbocycles. The van der Waals surface area contributed by atoms with E-state index in [1.807, 2.05) is 18.2 Å². The molecule has 1 heterocycles. The smallest absolute Gasteiger partial charge is 0.194 e. The second-order valence-corrected chi connectivity index (χ2v) is 4.22. The van der Waals surface area contributed by atoms with E-state index in [9.17, 15) is 0 Å².